The van der Waals surface area contributed by atoms with Crippen LogP contribution in [0.25, 0.3) is 11.1 Å². The molecule has 0 saturated heterocycles. The van der Waals surface area contributed by atoms with Crippen LogP contribution in [-0.4, -0.2) is 13.7 Å². The molecule has 0 spiro atoms. The van der Waals surface area contributed by atoms with E-state index < -0.39 is 0 Å². The van der Waals surface area contributed by atoms with Crippen molar-refractivity contribution in [1.82, 2.24) is 0 Å². The van der Waals surface area contributed by atoms with Gasteiger partial charge in [0.1, 0.15) is 0 Å². The summed E-state index contributed by atoms with van der Waals surface area (Å²) in [4.78, 5) is 0. The molecule has 0 aromatic heterocycles. The topological polar surface area (TPSA) is 44.5 Å². The zero-order valence-corrected chi connectivity index (χ0v) is 11.3. The summed E-state index contributed by atoms with van der Waals surface area (Å²) in [5.41, 5.74) is 8.97. The van der Waals surface area contributed by atoms with Gasteiger partial charge in [-0.15, -0.1) is 0 Å². The Hall–Kier alpha value is -2.00. The SMILES string of the molecule is CCOc1ccc(-c2ccc(CN)cc2)cc1OC. The van der Waals surface area contributed by atoms with Gasteiger partial charge in [0.15, 0.2) is 11.5 Å². The van der Waals surface area contributed by atoms with E-state index in [-0.39, 0.29) is 0 Å². The van der Waals surface area contributed by atoms with Crippen molar-refractivity contribution in [3.05, 3.63) is 48.0 Å². The van der Waals surface area contributed by atoms with Gasteiger partial charge in [0.05, 0.1) is 13.7 Å². The molecule has 0 unspecified atom stereocenters. The lowest BCUT2D eigenvalue weighted by atomic mass is 10.0. The Bertz CT molecular complexity index is 535. The summed E-state index contributed by atoms with van der Waals surface area (Å²) in [5.74, 6) is 1.52. The first-order valence-corrected chi connectivity index (χ1v) is 6.38. The van der Waals surface area contributed by atoms with Crippen LogP contribution in [0.2, 0.25) is 0 Å². The normalized spacial score (nSPS) is 10.3. The molecule has 3 heteroatoms. The highest BCUT2D eigenvalue weighted by Crippen LogP contribution is 2.32. The largest absolute Gasteiger partial charge is 0.493 e. The second-order valence-electron chi connectivity index (χ2n) is 4.20. The van der Waals surface area contributed by atoms with Crippen molar-refractivity contribution in [1.29, 1.82) is 0 Å². The van der Waals surface area contributed by atoms with E-state index in [1.165, 1.54) is 0 Å². The van der Waals surface area contributed by atoms with Crippen LogP contribution in [-0.2, 0) is 6.54 Å². The van der Waals surface area contributed by atoms with Gasteiger partial charge >= 0.3 is 0 Å². The predicted octanol–water partition coefficient (Wildman–Crippen LogP) is 3.22. The van der Waals surface area contributed by atoms with Crippen LogP contribution in [0.3, 0.4) is 0 Å². The average Bonchev–Trinajstić information content (AvgIpc) is 2.48. The summed E-state index contributed by atoms with van der Waals surface area (Å²) in [5, 5.41) is 0. The van der Waals surface area contributed by atoms with Crippen molar-refractivity contribution in [2.45, 2.75) is 13.5 Å². The summed E-state index contributed by atoms with van der Waals surface area (Å²) < 4.78 is 10.9. The standard InChI is InChI=1S/C16H19NO2/c1-3-19-15-9-8-14(10-16(15)18-2)13-6-4-12(11-17)5-7-13/h4-10H,3,11,17H2,1-2H3. The molecule has 0 bridgehead atoms. The van der Waals surface area contributed by atoms with Crippen molar-refractivity contribution < 1.29 is 9.47 Å². The second-order valence-corrected chi connectivity index (χ2v) is 4.20. The van der Waals surface area contributed by atoms with Gasteiger partial charge in [-0.1, -0.05) is 30.3 Å². The Morgan fingerprint density at radius 3 is 2.21 bits per heavy atom. The van der Waals surface area contributed by atoms with E-state index in [9.17, 15) is 0 Å². The molecule has 0 aliphatic heterocycles. The Morgan fingerprint density at radius 1 is 0.947 bits per heavy atom. The van der Waals surface area contributed by atoms with Crippen LogP contribution in [0, 0.1) is 0 Å². The maximum Gasteiger partial charge on any atom is 0.161 e. The number of ether oxygens (including phenoxy) is 2. The molecule has 0 heterocycles. The fourth-order valence-electron chi connectivity index (χ4n) is 1.96. The van der Waals surface area contributed by atoms with Gasteiger partial charge < -0.3 is 15.2 Å². The predicted molar refractivity (Wildman–Crippen MR) is 77.5 cm³/mol. The highest BCUT2D eigenvalue weighted by Gasteiger charge is 2.06. The zero-order chi connectivity index (χ0) is 13.7. The minimum atomic E-state index is 0.562. The number of methoxy groups -OCH3 is 1. The van der Waals surface area contributed by atoms with Gasteiger partial charge in [0.2, 0.25) is 0 Å². The van der Waals surface area contributed by atoms with Crippen molar-refractivity contribution in [3.63, 3.8) is 0 Å². The Balaban J connectivity index is 2.33. The minimum absolute atomic E-state index is 0.562. The molecule has 2 rings (SSSR count). The fourth-order valence-corrected chi connectivity index (χ4v) is 1.96. The van der Waals surface area contributed by atoms with Gasteiger partial charge in [-0.3, -0.25) is 0 Å². The quantitative estimate of drug-likeness (QED) is 0.894. The van der Waals surface area contributed by atoms with E-state index >= 15 is 0 Å². The van der Waals surface area contributed by atoms with Crippen LogP contribution in [0.5, 0.6) is 11.5 Å². The van der Waals surface area contributed by atoms with Gasteiger partial charge in [0.25, 0.3) is 0 Å². The van der Waals surface area contributed by atoms with E-state index in [1.54, 1.807) is 7.11 Å². The average molecular weight is 257 g/mol. The van der Waals surface area contributed by atoms with E-state index in [4.69, 9.17) is 15.2 Å². The second kappa shape index (κ2) is 6.25. The van der Waals surface area contributed by atoms with Crippen molar-refractivity contribution in [2.24, 2.45) is 5.73 Å². The molecule has 0 aliphatic rings. The molecule has 0 atom stereocenters. The molecule has 0 fully saturated rings. The summed E-state index contributed by atoms with van der Waals surface area (Å²) in [7, 11) is 1.65. The molecule has 19 heavy (non-hydrogen) atoms. The fraction of sp³-hybridized carbons (Fsp3) is 0.250. The van der Waals surface area contributed by atoms with E-state index in [0.717, 1.165) is 28.2 Å². The Morgan fingerprint density at radius 2 is 1.63 bits per heavy atom. The lowest BCUT2D eigenvalue weighted by Gasteiger charge is -2.11. The van der Waals surface area contributed by atoms with E-state index in [2.05, 4.69) is 12.1 Å². The summed E-state index contributed by atoms with van der Waals surface area (Å²) in [6.45, 7) is 3.15. The third kappa shape index (κ3) is 3.06. The molecule has 0 amide bonds. The van der Waals surface area contributed by atoms with Crippen LogP contribution in [0.1, 0.15) is 12.5 Å². The summed E-state index contributed by atoms with van der Waals surface area (Å²) in [6.07, 6.45) is 0. The van der Waals surface area contributed by atoms with Crippen LogP contribution in [0.4, 0.5) is 0 Å². The van der Waals surface area contributed by atoms with Crippen LogP contribution < -0.4 is 15.2 Å². The molecule has 2 aromatic carbocycles. The van der Waals surface area contributed by atoms with Gasteiger partial charge in [-0.2, -0.15) is 0 Å². The zero-order valence-electron chi connectivity index (χ0n) is 11.3. The third-order valence-corrected chi connectivity index (χ3v) is 2.99. The first-order valence-electron chi connectivity index (χ1n) is 6.38. The van der Waals surface area contributed by atoms with Gasteiger partial charge in [-0.25, -0.2) is 0 Å². The maximum absolute atomic E-state index is 5.60. The van der Waals surface area contributed by atoms with Crippen LogP contribution in [0.15, 0.2) is 42.5 Å². The molecule has 2 aromatic rings. The first kappa shape index (κ1) is 13.4. The first-order chi connectivity index (χ1) is 9.28. The minimum Gasteiger partial charge on any atom is -0.493 e. The van der Waals surface area contributed by atoms with Crippen molar-refractivity contribution in [2.75, 3.05) is 13.7 Å². The number of rotatable bonds is 5. The smallest absolute Gasteiger partial charge is 0.161 e. The Labute approximate surface area is 114 Å². The summed E-state index contributed by atoms with van der Waals surface area (Å²) in [6, 6.07) is 14.2. The number of hydrogen-bond acceptors (Lipinski definition) is 3. The molecule has 0 aliphatic carbocycles. The summed E-state index contributed by atoms with van der Waals surface area (Å²) >= 11 is 0. The molecule has 0 radical (unpaired) electrons. The third-order valence-electron chi connectivity index (χ3n) is 2.99. The lowest BCUT2D eigenvalue weighted by molar-refractivity contribution is 0.311. The molecule has 0 saturated carbocycles. The molecular weight excluding hydrogens is 238 g/mol. The monoisotopic (exact) mass is 257 g/mol. The Kier molecular flexibility index (Phi) is 4.42. The van der Waals surface area contributed by atoms with Gasteiger partial charge in [0, 0.05) is 6.54 Å². The maximum atomic E-state index is 5.60. The molecule has 3 nitrogen and oxygen atoms in total. The molecule has 100 valence electrons. The number of nitrogens with two attached hydrogens (primary N) is 1. The van der Waals surface area contributed by atoms with E-state index in [0.29, 0.717) is 13.2 Å². The number of hydrogen-bond donors (Lipinski definition) is 1. The number of benzene rings is 2. The highest BCUT2D eigenvalue weighted by molar-refractivity contribution is 5.67. The van der Waals surface area contributed by atoms with Gasteiger partial charge in [-0.05, 0) is 35.7 Å². The van der Waals surface area contributed by atoms with E-state index in [1.807, 2.05) is 37.3 Å². The highest BCUT2D eigenvalue weighted by atomic mass is 16.5. The molecule has 2 N–H and O–H groups in total. The lowest BCUT2D eigenvalue weighted by Crippen LogP contribution is -1.96. The van der Waals surface area contributed by atoms with Crippen molar-refractivity contribution in [3.8, 4) is 22.6 Å². The van der Waals surface area contributed by atoms with Crippen molar-refractivity contribution >= 4 is 0 Å². The molecular formula is C16H19NO2. The van der Waals surface area contributed by atoms with Crippen LogP contribution >= 0.6 is 0 Å².